The third-order valence-corrected chi connectivity index (χ3v) is 3.59. The van der Waals surface area contributed by atoms with Crippen LogP contribution in [0.15, 0.2) is 73.2 Å². The molecule has 0 aliphatic rings. The van der Waals surface area contributed by atoms with Gasteiger partial charge in [0.1, 0.15) is 5.69 Å². The van der Waals surface area contributed by atoms with Gasteiger partial charge in [-0.1, -0.05) is 18.2 Å². The minimum absolute atomic E-state index is 0. The molecular weight excluding hydrogens is 422 g/mol. The van der Waals surface area contributed by atoms with Crippen molar-refractivity contribution in [3.05, 3.63) is 117 Å². The van der Waals surface area contributed by atoms with Crippen molar-refractivity contribution in [3.8, 4) is 11.5 Å². The van der Waals surface area contributed by atoms with Gasteiger partial charge in [0.2, 0.25) is 0 Å². The van der Waals surface area contributed by atoms with Gasteiger partial charge in [-0.3, -0.25) is 24.2 Å². The van der Waals surface area contributed by atoms with Crippen LogP contribution in [0.2, 0.25) is 0 Å². The van der Waals surface area contributed by atoms with E-state index < -0.39 is 0 Å². The zero-order chi connectivity index (χ0) is 20.2. The van der Waals surface area contributed by atoms with Gasteiger partial charge in [-0.25, -0.2) is 4.98 Å². The minimum Gasteiger partial charge on any atom is -0.373 e. The zero-order valence-corrected chi connectivity index (χ0v) is 18.3. The molecule has 0 unspecified atom stereocenters. The predicted octanol–water partition coefficient (Wildman–Crippen LogP) is 4.16. The first-order chi connectivity index (χ1) is 13.7. The van der Waals surface area contributed by atoms with Crippen molar-refractivity contribution >= 4 is 5.52 Å². The molecule has 4 rings (SSSR count). The van der Waals surface area contributed by atoms with E-state index in [2.05, 4.69) is 20.4 Å². The Hall–Kier alpha value is -3.77. The number of pyridine rings is 3. The maximum Gasteiger partial charge on any atom is 2.00 e. The van der Waals surface area contributed by atoms with Gasteiger partial charge in [0.05, 0.1) is 11.2 Å². The summed E-state index contributed by atoms with van der Waals surface area (Å²) < 4.78 is 2.08. The van der Waals surface area contributed by atoms with Gasteiger partial charge >= 0.3 is 19.5 Å². The molecule has 0 bridgehead atoms. The normalized spacial score (nSPS) is 8.83. The first-order valence-corrected chi connectivity index (χ1v) is 7.99. The molecule has 10 nitrogen and oxygen atoms in total. The topological polar surface area (TPSA) is 161 Å². The fourth-order valence-corrected chi connectivity index (χ4v) is 2.58. The van der Waals surface area contributed by atoms with E-state index in [9.17, 15) is 0 Å². The van der Waals surface area contributed by atoms with Gasteiger partial charge in [0.15, 0.2) is 5.82 Å². The molecule has 0 atom stereocenters. The molecule has 0 spiro atoms. The Balaban J connectivity index is 0.000000540. The molecular formula is C18H14N10Zn. The van der Waals surface area contributed by atoms with Crippen LogP contribution in [0.3, 0.4) is 0 Å². The summed E-state index contributed by atoms with van der Waals surface area (Å²) >= 11 is 0. The standard InChI is InChI=1S/C18H14N4.2N3.Zn/c1-4-10-19-14(7-1)13-16-17-9-3-6-12-22(17)18(21-16)15-8-2-5-11-20-15;2*1-3-2;/h1-12H,13H2;;;/q;2*-1;+2. The smallest absolute Gasteiger partial charge is 0.373 e. The van der Waals surface area contributed by atoms with E-state index >= 15 is 0 Å². The van der Waals surface area contributed by atoms with Gasteiger partial charge in [0, 0.05) is 30.7 Å². The molecule has 0 aliphatic heterocycles. The van der Waals surface area contributed by atoms with Crippen LogP contribution in [0.1, 0.15) is 11.4 Å². The summed E-state index contributed by atoms with van der Waals surface area (Å²) in [7, 11) is 0. The van der Waals surface area contributed by atoms with Crippen LogP contribution >= 0.6 is 0 Å². The van der Waals surface area contributed by atoms with E-state index in [1.807, 2.05) is 60.9 Å². The van der Waals surface area contributed by atoms with Crippen molar-refractivity contribution in [1.82, 2.24) is 15.0 Å². The summed E-state index contributed by atoms with van der Waals surface area (Å²) in [5.41, 5.74) is 31.0. The average molecular weight is 436 g/mol. The van der Waals surface area contributed by atoms with E-state index in [4.69, 9.17) is 27.1 Å². The van der Waals surface area contributed by atoms with Crippen molar-refractivity contribution in [1.29, 1.82) is 0 Å². The summed E-state index contributed by atoms with van der Waals surface area (Å²) in [6, 6.07) is 17.9. The maximum absolute atomic E-state index is 6.75. The molecule has 0 aliphatic carbocycles. The maximum atomic E-state index is 6.75. The largest absolute Gasteiger partial charge is 2.00 e. The van der Waals surface area contributed by atoms with Gasteiger partial charge < -0.3 is 22.1 Å². The van der Waals surface area contributed by atoms with Crippen molar-refractivity contribution in [2.24, 2.45) is 0 Å². The number of fused-ring (bicyclic) bond motifs is 1. The number of hydrogen-bond acceptors (Lipinski definition) is 2. The SMILES string of the molecule is [N-]=[N+]=[N-].[N-]=[N+]=[N-].[Zn+2].c1ccc(Cc2[n-]c(-c3ccccn3)[n+]3ccccc23)nc1. The van der Waals surface area contributed by atoms with Crippen LogP contribution < -0.4 is 9.38 Å². The third kappa shape index (κ3) is 6.41. The average Bonchev–Trinajstić information content (AvgIpc) is 3.09. The first-order valence-electron chi connectivity index (χ1n) is 7.99. The molecule has 0 saturated carbocycles. The Morgan fingerprint density at radius 2 is 1.45 bits per heavy atom. The summed E-state index contributed by atoms with van der Waals surface area (Å²) in [6.07, 6.45) is 6.33. The van der Waals surface area contributed by atoms with Crippen LogP contribution in [0.5, 0.6) is 0 Å². The summed E-state index contributed by atoms with van der Waals surface area (Å²) in [6.45, 7) is 0. The Labute approximate surface area is 178 Å². The van der Waals surface area contributed by atoms with E-state index in [1.165, 1.54) is 9.82 Å². The van der Waals surface area contributed by atoms with E-state index in [1.54, 1.807) is 6.20 Å². The molecule has 0 aromatic carbocycles. The van der Waals surface area contributed by atoms with Crippen LogP contribution in [-0.4, -0.2) is 9.97 Å². The molecule has 0 N–H and O–H groups in total. The Bertz CT molecular complexity index is 1070. The third-order valence-electron chi connectivity index (χ3n) is 3.59. The quantitative estimate of drug-likeness (QED) is 0.155. The summed E-state index contributed by atoms with van der Waals surface area (Å²) in [5.74, 6) is 0.863. The molecule has 4 aromatic rings. The second-order valence-electron chi connectivity index (χ2n) is 5.23. The molecule has 138 valence electrons. The number of nitrogens with zero attached hydrogens (tertiary/aromatic N) is 10. The molecule has 0 radical (unpaired) electrons. The minimum atomic E-state index is 0. The number of aromatic nitrogens is 4. The van der Waals surface area contributed by atoms with Gasteiger partial charge in [-0.05, 0) is 36.4 Å². The Kier molecular flexibility index (Phi) is 10.1. The van der Waals surface area contributed by atoms with Crippen molar-refractivity contribution in [2.45, 2.75) is 6.42 Å². The monoisotopic (exact) mass is 434 g/mol. The predicted molar refractivity (Wildman–Crippen MR) is 103 cm³/mol. The van der Waals surface area contributed by atoms with Crippen molar-refractivity contribution in [3.63, 3.8) is 0 Å². The molecule has 29 heavy (non-hydrogen) atoms. The Morgan fingerprint density at radius 3 is 2.03 bits per heavy atom. The van der Waals surface area contributed by atoms with Crippen LogP contribution in [-0.2, 0) is 25.9 Å². The van der Waals surface area contributed by atoms with E-state index in [0.29, 0.717) is 6.42 Å². The van der Waals surface area contributed by atoms with Crippen LogP contribution in [0.25, 0.3) is 49.0 Å². The van der Waals surface area contributed by atoms with Gasteiger partial charge in [0.25, 0.3) is 0 Å². The molecule has 0 saturated heterocycles. The second-order valence-corrected chi connectivity index (χ2v) is 5.23. The fraction of sp³-hybridized carbons (Fsp3) is 0.0556. The van der Waals surface area contributed by atoms with Gasteiger partial charge in [-0.2, -0.15) is 0 Å². The Morgan fingerprint density at radius 1 is 0.828 bits per heavy atom. The molecule has 4 heterocycles. The second kappa shape index (κ2) is 12.6. The molecule has 0 amide bonds. The number of hydrogen-bond donors (Lipinski definition) is 0. The zero-order valence-electron chi connectivity index (χ0n) is 15.3. The van der Waals surface area contributed by atoms with Crippen molar-refractivity contribution < 1.29 is 23.9 Å². The van der Waals surface area contributed by atoms with Gasteiger partial charge in [-0.15, -0.1) is 0 Å². The molecule has 4 aromatic heterocycles. The summed E-state index contributed by atoms with van der Waals surface area (Å²) in [4.78, 5) is 16.6. The van der Waals surface area contributed by atoms with Crippen LogP contribution in [0.4, 0.5) is 0 Å². The summed E-state index contributed by atoms with van der Waals surface area (Å²) in [5, 5.41) is 0. The molecule has 11 heteroatoms. The van der Waals surface area contributed by atoms with E-state index in [-0.39, 0.29) is 19.5 Å². The fourth-order valence-electron chi connectivity index (χ4n) is 2.58. The number of rotatable bonds is 3. The molecule has 0 fully saturated rings. The van der Waals surface area contributed by atoms with Crippen LogP contribution in [0, 0.1) is 0 Å². The number of imidazole rings is 1. The van der Waals surface area contributed by atoms with E-state index in [0.717, 1.165) is 28.4 Å². The first kappa shape index (κ1) is 23.3. The van der Waals surface area contributed by atoms with Crippen molar-refractivity contribution in [2.75, 3.05) is 0 Å².